The third kappa shape index (κ3) is 4.45. The first-order valence-electron chi connectivity index (χ1n) is 3.54. The molecule has 0 saturated carbocycles. The maximum Gasteiger partial charge on any atom is 0.467 e. The van der Waals surface area contributed by atoms with E-state index in [0.717, 1.165) is 0 Å². The van der Waals surface area contributed by atoms with Gasteiger partial charge >= 0.3 is 12.6 Å². The second-order valence-corrected chi connectivity index (χ2v) is 2.40. The van der Waals surface area contributed by atoms with E-state index in [1.54, 1.807) is 0 Å². The Hall–Kier alpha value is -0.790. The Bertz CT molecular complexity index is 172. The van der Waals surface area contributed by atoms with Crippen molar-refractivity contribution in [1.82, 2.24) is 4.90 Å². The van der Waals surface area contributed by atoms with Gasteiger partial charge in [0.1, 0.15) is 6.29 Å². The molecular weight excluding hydrogens is 216 g/mol. The molecule has 0 spiro atoms. The van der Waals surface area contributed by atoms with E-state index in [0.29, 0.717) is 0 Å². The van der Waals surface area contributed by atoms with Crippen LogP contribution < -0.4 is 0 Å². The summed E-state index contributed by atoms with van der Waals surface area (Å²) in [6.45, 7) is -1.26. The first-order valence-corrected chi connectivity index (χ1v) is 3.54. The van der Waals surface area contributed by atoms with Crippen LogP contribution in [0.2, 0.25) is 0 Å². The molecule has 0 aromatic heterocycles. The number of rotatable bonds is 4. The van der Waals surface area contributed by atoms with Gasteiger partial charge in [-0.25, -0.2) is 0 Å². The number of unbranched alkanes of at least 4 members (excludes halogenated alkanes) is 1. The first kappa shape index (κ1) is 13.2. The number of hydrogen-bond donors (Lipinski definition) is 0. The largest absolute Gasteiger partial charge is 0.467 e. The van der Waals surface area contributed by atoms with Gasteiger partial charge in [-0.15, -0.1) is 4.90 Å². The fourth-order valence-corrected chi connectivity index (χ4v) is 0.730. The van der Waals surface area contributed by atoms with Crippen molar-refractivity contribution in [1.29, 1.82) is 0 Å². The Kier molecular flexibility index (Phi) is 4.37. The van der Waals surface area contributed by atoms with E-state index in [2.05, 4.69) is 0 Å². The van der Waals surface area contributed by atoms with Gasteiger partial charge in [0.25, 0.3) is 0 Å². The lowest BCUT2D eigenvalue weighted by Gasteiger charge is -2.26. The van der Waals surface area contributed by atoms with Crippen LogP contribution in [0, 0.1) is 0 Å². The normalized spacial score (nSPS) is 13.4. The summed E-state index contributed by atoms with van der Waals surface area (Å²) in [6, 6.07) is 0. The molecule has 84 valence electrons. The number of carbonyl (C=O) groups excluding carboxylic acids is 1. The number of aldehydes is 1. The van der Waals surface area contributed by atoms with Gasteiger partial charge in [0.2, 0.25) is 0 Å². The zero-order valence-electron chi connectivity index (χ0n) is 6.82. The number of hydrogen-bond acceptors (Lipinski definition) is 2. The molecule has 8 heteroatoms. The summed E-state index contributed by atoms with van der Waals surface area (Å²) < 4.78 is 70.6. The molecule has 2 nitrogen and oxygen atoms in total. The van der Waals surface area contributed by atoms with Gasteiger partial charge in [-0.3, -0.25) is 0 Å². The number of carbonyl (C=O) groups is 1. The van der Waals surface area contributed by atoms with Gasteiger partial charge in [-0.2, -0.15) is 26.3 Å². The van der Waals surface area contributed by atoms with Crippen LogP contribution >= 0.6 is 0 Å². The van der Waals surface area contributed by atoms with Gasteiger partial charge in [-0.05, 0) is 6.42 Å². The minimum atomic E-state index is -5.46. The maximum atomic E-state index is 11.8. The third-order valence-corrected chi connectivity index (χ3v) is 1.32. The van der Waals surface area contributed by atoms with Crippen molar-refractivity contribution in [3.05, 3.63) is 0 Å². The van der Waals surface area contributed by atoms with Crippen molar-refractivity contribution >= 4 is 6.29 Å². The second kappa shape index (κ2) is 4.63. The lowest BCUT2D eigenvalue weighted by atomic mass is 10.3. The lowest BCUT2D eigenvalue weighted by molar-refractivity contribution is -0.372. The molecule has 0 amide bonds. The molecule has 0 rings (SSSR count). The fraction of sp³-hybridized carbons (Fsp3) is 0.833. The predicted molar refractivity (Wildman–Crippen MR) is 34.1 cm³/mol. The summed E-state index contributed by atoms with van der Waals surface area (Å²) in [4.78, 5) is 8.15. The molecule has 0 aromatic rings. The topological polar surface area (TPSA) is 20.3 Å². The Labute approximate surface area is 75.5 Å². The van der Waals surface area contributed by atoms with E-state index in [1.807, 2.05) is 0 Å². The summed E-state index contributed by atoms with van der Waals surface area (Å²) in [5.41, 5.74) is 0. The summed E-state index contributed by atoms with van der Waals surface area (Å²) in [7, 11) is 0. The monoisotopic (exact) mass is 223 g/mol. The average molecular weight is 223 g/mol. The molecule has 0 aliphatic rings. The zero-order chi connectivity index (χ0) is 11.4. The van der Waals surface area contributed by atoms with Crippen LogP contribution in [0.5, 0.6) is 0 Å². The molecule has 0 bridgehead atoms. The van der Waals surface area contributed by atoms with Crippen molar-refractivity contribution in [2.24, 2.45) is 0 Å². The predicted octanol–water partition coefficient (Wildman–Crippen LogP) is 2.31. The highest BCUT2D eigenvalue weighted by Gasteiger charge is 2.53. The second-order valence-electron chi connectivity index (χ2n) is 2.40. The highest BCUT2D eigenvalue weighted by molar-refractivity contribution is 5.48. The van der Waals surface area contributed by atoms with E-state index in [9.17, 15) is 31.1 Å². The van der Waals surface area contributed by atoms with Gasteiger partial charge in [0, 0.05) is 13.0 Å². The minimum Gasteiger partial charge on any atom is -0.303 e. The number of alkyl halides is 6. The molecule has 0 aromatic carbocycles. The van der Waals surface area contributed by atoms with Crippen LogP contribution in [0.25, 0.3) is 0 Å². The minimum absolute atomic E-state index is 0.269. The molecule has 0 aliphatic heterocycles. The van der Waals surface area contributed by atoms with Gasteiger partial charge in [0.15, 0.2) is 0 Å². The zero-order valence-corrected chi connectivity index (χ0v) is 6.82. The Morgan fingerprint density at radius 2 is 1.43 bits per heavy atom. The number of halogens is 6. The molecule has 0 N–H and O–H groups in total. The highest BCUT2D eigenvalue weighted by Crippen LogP contribution is 2.33. The van der Waals surface area contributed by atoms with Crippen LogP contribution in [0.4, 0.5) is 26.3 Å². The summed E-state index contributed by atoms with van der Waals surface area (Å²) in [5.74, 6) is 0. The van der Waals surface area contributed by atoms with E-state index >= 15 is 0 Å². The van der Waals surface area contributed by atoms with Crippen LogP contribution in [0.15, 0.2) is 0 Å². The number of nitrogens with zero attached hydrogens (tertiary/aromatic N) is 1. The molecule has 0 aliphatic carbocycles. The Morgan fingerprint density at radius 3 is 1.71 bits per heavy atom. The van der Waals surface area contributed by atoms with Crippen LogP contribution in [0.3, 0.4) is 0 Å². The Morgan fingerprint density at radius 1 is 1.00 bits per heavy atom. The molecule has 0 unspecified atom stereocenters. The molecule has 0 radical (unpaired) electrons. The molecule has 0 atom stereocenters. The fourth-order valence-electron chi connectivity index (χ4n) is 0.730. The summed E-state index contributed by atoms with van der Waals surface area (Å²) in [6.07, 6.45) is -11.5. The summed E-state index contributed by atoms with van der Waals surface area (Å²) >= 11 is 0. The van der Waals surface area contributed by atoms with Crippen LogP contribution in [-0.2, 0) is 4.79 Å². The first-order chi connectivity index (χ1) is 6.19. The quantitative estimate of drug-likeness (QED) is 0.315. The average Bonchev–Trinajstić information content (AvgIpc) is 1.92. The van der Waals surface area contributed by atoms with Crippen molar-refractivity contribution in [2.75, 3.05) is 6.54 Å². The lowest BCUT2D eigenvalue weighted by Crippen LogP contribution is -2.48. The van der Waals surface area contributed by atoms with Gasteiger partial charge in [-0.1, -0.05) is 0 Å². The van der Waals surface area contributed by atoms with Crippen molar-refractivity contribution < 1.29 is 31.1 Å². The van der Waals surface area contributed by atoms with Crippen LogP contribution in [0.1, 0.15) is 12.8 Å². The highest BCUT2D eigenvalue weighted by atomic mass is 19.4. The van der Waals surface area contributed by atoms with E-state index in [1.165, 1.54) is 0 Å². The molecule has 14 heavy (non-hydrogen) atoms. The van der Waals surface area contributed by atoms with Gasteiger partial charge in [0.05, 0.1) is 0 Å². The molecule has 0 heterocycles. The van der Waals surface area contributed by atoms with Crippen molar-refractivity contribution in [2.45, 2.75) is 25.4 Å². The summed E-state index contributed by atoms with van der Waals surface area (Å²) in [5, 5.41) is 0. The van der Waals surface area contributed by atoms with Crippen molar-refractivity contribution in [3.8, 4) is 0 Å². The molecule has 0 saturated heterocycles. The molecular formula is C6H7F6NO. The van der Waals surface area contributed by atoms with Crippen molar-refractivity contribution in [3.63, 3.8) is 0 Å². The van der Waals surface area contributed by atoms with Crippen LogP contribution in [-0.4, -0.2) is 30.3 Å². The van der Waals surface area contributed by atoms with Gasteiger partial charge < -0.3 is 4.79 Å². The SMILES string of the molecule is O=CCCCN(C(F)(F)F)C(F)(F)F. The third-order valence-electron chi connectivity index (χ3n) is 1.32. The van der Waals surface area contributed by atoms with E-state index in [-0.39, 0.29) is 12.7 Å². The molecule has 0 fully saturated rings. The smallest absolute Gasteiger partial charge is 0.303 e. The maximum absolute atomic E-state index is 11.8. The standard InChI is InChI=1S/C6H7F6NO/c7-5(8,9)13(6(10,11)12)3-1-2-4-14/h4H,1-3H2. The Balaban J connectivity index is 4.35. The van der Waals surface area contributed by atoms with E-state index in [4.69, 9.17) is 0 Å². The van der Waals surface area contributed by atoms with E-state index < -0.39 is 30.5 Å².